The van der Waals surface area contributed by atoms with Crippen molar-refractivity contribution in [3.05, 3.63) is 7.05 Å². The summed E-state index contributed by atoms with van der Waals surface area (Å²) in [7, 11) is 3.56. The van der Waals surface area contributed by atoms with Crippen LogP contribution in [0.3, 0.4) is 0 Å². The van der Waals surface area contributed by atoms with Gasteiger partial charge < -0.3 is 9.84 Å². The SMILES string of the molecule is [CH2]N1CC(OC(=O)O)C1. The summed E-state index contributed by atoms with van der Waals surface area (Å²) >= 11 is 0. The van der Waals surface area contributed by atoms with Gasteiger partial charge in [0.1, 0.15) is 6.10 Å². The Morgan fingerprint density at radius 2 is 2.33 bits per heavy atom. The summed E-state index contributed by atoms with van der Waals surface area (Å²) in [5, 5.41) is 8.07. The molecule has 0 saturated carbocycles. The second-order valence-electron chi connectivity index (χ2n) is 2.04. The highest BCUT2D eigenvalue weighted by molar-refractivity contribution is 5.57. The first-order chi connectivity index (χ1) is 4.18. The monoisotopic (exact) mass is 130 g/mol. The number of rotatable bonds is 1. The summed E-state index contributed by atoms with van der Waals surface area (Å²) in [6.45, 7) is 1.23. The van der Waals surface area contributed by atoms with Gasteiger partial charge in [0.15, 0.2) is 0 Å². The summed E-state index contributed by atoms with van der Waals surface area (Å²) < 4.78 is 4.39. The molecule has 0 atom stereocenters. The number of nitrogens with zero attached hydrogens (tertiary/aromatic N) is 1. The molecule has 0 aromatic rings. The molecule has 0 aromatic carbocycles. The lowest BCUT2D eigenvalue weighted by Gasteiger charge is -2.33. The van der Waals surface area contributed by atoms with Crippen LogP contribution in [0.25, 0.3) is 0 Å². The first kappa shape index (κ1) is 6.35. The Morgan fingerprint density at radius 3 is 2.67 bits per heavy atom. The fraction of sp³-hybridized carbons (Fsp3) is 0.600. The Labute approximate surface area is 53.0 Å². The van der Waals surface area contributed by atoms with Gasteiger partial charge in [0.05, 0.1) is 0 Å². The van der Waals surface area contributed by atoms with Crippen molar-refractivity contribution in [3.63, 3.8) is 0 Å². The van der Waals surface area contributed by atoms with E-state index < -0.39 is 6.16 Å². The van der Waals surface area contributed by atoms with Crippen LogP contribution >= 0.6 is 0 Å². The fourth-order valence-electron chi connectivity index (χ4n) is 0.740. The zero-order valence-corrected chi connectivity index (χ0v) is 4.91. The van der Waals surface area contributed by atoms with Crippen molar-refractivity contribution >= 4 is 6.16 Å². The number of carbonyl (C=O) groups is 1. The molecule has 1 rings (SSSR count). The Bertz CT molecular complexity index is 119. The smallest absolute Gasteiger partial charge is 0.450 e. The third-order valence-electron chi connectivity index (χ3n) is 1.19. The van der Waals surface area contributed by atoms with Gasteiger partial charge >= 0.3 is 6.16 Å². The molecule has 1 N–H and O–H groups in total. The molecule has 0 unspecified atom stereocenters. The second-order valence-corrected chi connectivity index (χ2v) is 2.04. The normalized spacial score (nSPS) is 21.0. The zero-order valence-electron chi connectivity index (χ0n) is 4.91. The van der Waals surface area contributed by atoms with Gasteiger partial charge in [0.25, 0.3) is 0 Å². The van der Waals surface area contributed by atoms with E-state index in [1.54, 1.807) is 4.90 Å². The summed E-state index contributed by atoms with van der Waals surface area (Å²) in [4.78, 5) is 11.6. The minimum absolute atomic E-state index is 0.153. The molecule has 51 valence electrons. The Kier molecular flexibility index (Phi) is 1.57. The van der Waals surface area contributed by atoms with Gasteiger partial charge in [-0.05, 0) is 0 Å². The lowest BCUT2D eigenvalue weighted by atomic mass is 10.2. The molecule has 1 saturated heterocycles. The van der Waals surface area contributed by atoms with E-state index in [9.17, 15) is 4.79 Å². The molecule has 0 bridgehead atoms. The number of hydrogen-bond acceptors (Lipinski definition) is 3. The summed E-state index contributed by atoms with van der Waals surface area (Å²) in [6.07, 6.45) is -1.35. The maximum absolute atomic E-state index is 9.85. The number of likely N-dealkylation sites (tertiary alicyclic amines) is 1. The Hall–Kier alpha value is -0.770. The maximum Gasteiger partial charge on any atom is 0.506 e. The summed E-state index contributed by atoms with van der Waals surface area (Å²) in [6, 6.07) is 0. The highest BCUT2D eigenvalue weighted by Gasteiger charge is 2.26. The van der Waals surface area contributed by atoms with Gasteiger partial charge in [-0.2, -0.15) is 0 Å². The minimum Gasteiger partial charge on any atom is -0.450 e. The molecular weight excluding hydrogens is 122 g/mol. The average molecular weight is 130 g/mol. The van der Waals surface area contributed by atoms with E-state index in [2.05, 4.69) is 11.8 Å². The van der Waals surface area contributed by atoms with Gasteiger partial charge in [-0.15, -0.1) is 0 Å². The van der Waals surface area contributed by atoms with Gasteiger partial charge in [0.2, 0.25) is 0 Å². The first-order valence-electron chi connectivity index (χ1n) is 2.63. The van der Waals surface area contributed by atoms with Crippen molar-refractivity contribution in [1.82, 2.24) is 4.90 Å². The lowest BCUT2D eigenvalue weighted by Crippen LogP contribution is -2.49. The molecule has 9 heavy (non-hydrogen) atoms. The van der Waals surface area contributed by atoms with Gasteiger partial charge in [-0.25, -0.2) is 4.79 Å². The molecule has 1 fully saturated rings. The van der Waals surface area contributed by atoms with Crippen molar-refractivity contribution in [2.24, 2.45) is 0 Å². The topological polar surface area (TPSA) is 49.8 Å². The summed E-state index contributed by atoms with van der Waals surface area (Å²) in [5.41, 5.74) is 0. The second kappa shape index (κ2) is 2.23. The largest absolute Gasteiger partial charge is 0.506 e. The quantitative estimate of drug-likeness (QED) is 0.513. The number of ether oxygens (including phenoxy) is 1. The molecule has 1 aliphatic rings. The van der Waals surface area contributed by atoms with Crippen molar-refractivity contribution in [2.45, 2.75) is 6.10 Å². The lowest BCUT2D eigenvalue weighted by molar-refractivity contribution is -0.0150. The molecule has 1 heterocycles. The van der Waals surface area contributed by atoms with Gasteiger partial charge in [-0.3, -0.25) is 4.90 Å². The molecule has 0 amide bonds. The molecule has 0 aliphatic carbocycles. The van der Waals surface area contributed by atoms with Crippen LogP contribution in [0.2, 0.25) is 0 Å². The van der Waals surface area contributed by atoms with Crippen molar-refractivity contribution < 1.29 is 14.6 Å². The molecular formula is C5H8NO3. The van der Waals surface area contributed by atoms with Crippen LogP contribution in [0.4, 0.5) is 4.79 Å². The van der Waals surface area contributed by atoms with Crippen LogP contribution in [0.1, 0.15) is 0 Å². The molecule has 0 aromatic heterocycles. The Morgan fingerprint density at radius 1 is 1.78 bits per heavy atom. The summed E-state index contributed by atoms with van der Waals surface area (Å²) in [5.74, 6) is 0. The van der Waals surface area contributed by atoms with Crippen LogP contribution < -0.4 is 0 Å². The average Bonchev–Trinajstić information content (AvgIpc) is 1.60. The van der Waals surface area contributed by atoms with E-state index in [0.29, 0.717) is 13.1 Å². The van der Waals surface area contributed by atoms with Crippen molar-refractivity contribution in [2.75, 3.05) is 13.1 Å². The molecule has 1 aliphatic heterocycles. The number of hydrogen-bond donors (Lipinski definition) is 1. The number of carboxylic acid groups (broad SMARTS) is 1. The van der Waals surface area contributed by atoms with Crippen LogP contribution in [0.5, 0.6) is 0 Å². The predicted molar refractivity (Wildman–Crippen MR) is 29.8 cm³/mol. The molecule has 1 radical (unpaired) electrons. The highest BCUT2D eigenvalue weighted by Crippen LogP contribution is 2.08. The van der Waals surface area contributed by atoms with Gasteiger partial charge in [0, 0.05) is 20.1 Å². The van der Waals surface area contributed by atoms with Crippen molar-refractivity contribution in [1.29, 1.82) is 0 Å². The molecule has 4 heteroatoms. The Balaban J connectivity index is 2.11. The van der Waals surface area contributed by atoms with Crippen LogP contribution in [0.15, 0.2) is 0 Å². The van der Waals surface area contributed by atoms with E-state index in [4.69, 9.17) is 5.11 Å². The third-order valence-corrected chi connectivity index (χ3v) is 1.19. The molecule has 4 nitrogen and oxygen atoms in total. The van der Waals surface area contributed by atoms with E-state index in [-0.39, 0.29) is 6.10 Å². The van der Waals surface area contributed by atoms with Crippen LogP contribution in [-0.4, -0.2) is 35.4 Å². The maximum atomic E-state index is 9.85. The zero-order chi connectivity index (χ0) is 6.85. The van der Waals surface area contributed by atoms with E-state index in [1.807, 2.05) is 0 Å². The standard InChI is InChI=1S/C5H8NO3/c1-6-2-4(3-6)9-5(7)8/h4H,1-3H2,(H,7,8). The highest BCUT2D eigenvalue weighted by atomic mass is 16.7. The van der Waals surface area contributed by atoms with E-state index in [0.717, 1.165) is 0 Å². The predicted octanol–water partition coefficient (Wildman–Crippen LogP) is 0.157. The fourth-order valence-corrected chi connectivity index (χ4v) is 0.740. The third kappa shape index (κ3) is 1.57. The van der Waals surface area contributed by atoms with E-state index >= 15 is 0 Å². The minimum atomic E-state index is -1.20. The van der Waals surface area contributed by atoms with E-state index in [1.165, 1.54) is 0 Å². The van der Waals surface area contributed by atoms with Crippen LogP contribution in [0, 0.1) is 7.05 Å². The van der Waals surface area contributed by atoms with Crippen LogP contribution in [-0.2, 0) is 4.74 Å². The van der Waals surface area contributed by atoms with Gasteiger partial charge in [-0.1, -0.05) is 0 Å². The molecule has 0 spiro atoms. The van der Waals surface area contributed by atoms with Crippen molar-refractivity contribution in [3.8, 4) is 0 Å². The first-order valence-corrected chi connectivity index (χ1v) is 2.63.